The Hall–Kier alpha value is -1.98. The molecule has 0 bridgehead atoms. The fraction of sp³-hybridized carbons (Fsp3) is 0.385. The van der Waals surface area contributed by atoms with Crippen molar-refractivity contribution < 1.29 is 22.7 Å². The Kier molecular flexibility index (Phi) is 5.41. The molecule has 21 heavy (non-hydrogen) atoms. The Morgan fingerprint density at radius 1 is 1.48 bits per heavy atom. The molecule has 6 nitrogen and oxygen atoms in total. The molecule has 0 amide bonds. The second-order valence-corrected chi connectivity index (χ2v) is 6.61. The number of sulfonamides is 1. The molecule has 0 aliphatic carbocycles. The second-order valence-electron chi connectivity index (χ2n) is 4.90. The molecule has 1 aromatic rings. The lowest BCUT2D eigenvalue weighted by Crippen LogP contribution is -2.41. The van der Waals surface area contributed by atoms with Crippen LogP contribution in [0, 0.1) is 23.1 Å². The lowest BCUT2D eigenvalue weighted by atomic mass is 10.1. The summed E-state index contributed by atoms with van der Waals surface area (Å²) in [5.41, 5.74) is -0.423. The Labute approximate surface area is 122 Å². The quantitative estimate of drug-likeness (QED) is 0.827. The standard InChI is InChI=1S/C13H15FN2O4S/c1-8(2)5-12(13(17)18)16-21(19,20)10-3-4-11(14)9(6-10)7-15/h3-4,6,8,12,16H,5H2,1-2H3,(H,17,18). The van der Waals surface area contributed by atoms with E-state index < -0.39 is 33.4 Å². The molecule has 2 N–H and O–H groups in total. The number of rotatable bonds is 6. The minimum absolute atomic E-state index is 0.0308. The number of aliphatic carboxylic acids is 1. The predicted molar refractivity (Wildman–Crippen MR) is 72.3 cm³/mol. The van der Waals surface area contributed by atoms with Crippen LogP contribution in [0.1, 0.15) is 25.8 Å². The number of carboxylic acid groups (broad SMARTS) is 1. The topological polar surface area (TPSA) is 107 Å². The third kappa shape index (κ3) is 4.51. The van der Waals surface area contributed by atoms with Crippen molar-refractivity contribution in [2.75, 3.05) is 0 Å². The van der Waals surface area contributed by atoms with Gasteiger partial charge in [-0.1, -0.05) is 13.8 Å². The Morgan fingerprint density at radius 3 is 2.57 bits per heavy atom. The molecule has 0 aliphatic rings. The summed E-state index contributed by atoms with van der Waals surface area (Å²) in [6.45, 7) is 3.52. The third-order valence-corrected chi connectivity index (χ3v) is 4.14. The summed E-state index contributed by atoms with van der Waals surface area (Å²) < 4.78 is 39.4. The maximum Gasteiger partial charge on any atom is 0.321 e. The molecule has 0 spiro atoms. The molecule has 0 saturated heterocycles. The van der Waals surface area contributed by atoms with Crippen LogP contribution in [0.3, 0.4) is 0 Å². The average Bonchev–Trinajstić information content (AvgIpc) is 2.37. The van der Waals surface area contributed by atoms with Crippen LogP contribution in [0.15, 0.2) is 23.1 Å². The lowest BCUT2D eigenvalue weighted by molar-refractivity contribution is -0.139. The largest absolute Gasteiger partial charge is 0.480 e. The van der Waals surface area contributed by atoms with E-state index in [9.17, 15) is 17.6 Å². The molecular weight excluding hydrogens is 299 g/mol. The van der Waals surface area contributed by atoms with Gasteiger partial charge in [-0.15, -0.1) is 0 Å². The predicted octanol–water partition coefficient (Wildman–Crippen LogP) is 1.47. The molecule has 0 aromatic heterocycles. The van der Waals surface area contributed by atoms with E-state index in [4.69, 9.17) is 10.4 Å². The zero-order valence-electron chi connectivity index (χ0n) is 11.5. The molecule has 0 aliphatic heterocycles. The summed E-state index contributed by atoms with van der Waals surface area (Å²) in [5.74, 6) is -2.17. The summed E-state index contributed by atoms with van der Waals surface area (Å²) in [4.78, 5) is 10.7. The fourth-order valence-electron chi connectivity index (χ4n) is 1.68. The minimum atomic E-state index is -4.15. The molecule has 114 valence electrons. The maximum atomic E-state index is 13.2. The molecular formula is C13H15FN2O4S. The first-order chi connectivity index (χ1) is 9.67. The van der Waals surface area contributed by atoms with Gasteiger partial charge in [-0.25, -0.2) is 12.8 Å². The van der Waals surface area contributed by atoms with Gasteiger partial charge in [-0.3, -0.25) is 4.79 Å². The van der Waals surface area contributed by atoms with Gasteiger partial charge < -0.3 is 5.11 Å². The highest BCUT2D eigenvalue weighted by molar-refractivity contribution is 7.89. The van der Waals surface area contributed by atoms with Crippen molar-refractivity contribution in [3.05, 3.63) is 29.6 Å². The van der Waals surface area contributed by atoms with Crippen molar-refractivity contribution in [2.45, 2.75) is 31.2 Å². The first-order valence-corrected chi connectivity index (χ1v) is 7.60. The molecule has 1 unspecified atom stereocenters. The van der Waals surface area contributed by atoms with Crippen molar-refractivity contribution in [1.82, 2.24) is 4.72 Å². The van der Waals surface area contributed by atoms with E-state index in [0.717, 1.165) is 18.2 Å². The molecule has 8 heteroatoms. The van der Waals surface area contributed by atoms with E-state index >= 15 is 0 Å². The van der Waals surface area contributed by atoms with Crippen molar-refractivity contribution in [3.63, 3.8) is 0 Å². The highest BCUT2D eigenvalue weighted by atomic mass is 32.2. The van der Waals surface area contributed by atoms with Crippen molar-refractivity contribution >= 4 is 16.0 Å². The van der Waals surface area contributed by atoms with Crippen LogP contribution in [-0.4, -0.2) is 25.5 Å². The van der Waals surface area contributed by atoms with Crippen LogP contribution in [0.25, 0.3) is 0 Å². The van der Waals surface area contributed by atoms with Crippen LogP contribution in [-0.2, 0) is 14.8 Å². The van der Waals surface area contributed by atoms with E-state index in [0.29, 0.717) is 0 Å². The molecule has 1 rings (SSSR count). The average molecular weight is 314 g/mol. The van der Waals surface area contributed by atoms with Gasteiger partial charge in [-0.05, 0) is 30.5 Å². The summed E-state index contributed by atoms with van der Waals surface area (Å²) in [6.07, 6.45) is 0.112. The van der Waals surface area contributed by atoms with Gasteiger partial charge in [0.2, 0.25) is 10.0 Å². The monoisotopic (exact) mass is 314 g/mol. The van der Waals surface area contributed by atoms with Gasteiger partial charge in [-0.2, -0.15) is 9.98 Å². The van der Waals surface area contributed by atoms with Gasteiger partial charge >= 0.3 is 5.97 Å². The Morgan fingerprint density at radius 2 is 2.10 bits per heavy atom. The van der Waals surface area contributed by atoms with Gasteiger partial charge in [0, 0.05) is 0 Å². The van der Waals surface area contributed by atoms with Gasteiger partial charge in [0.05, 0.1) is 10.5 Å². The van der Waals surface area contributed by atoms with Crippen LogP contribution < -0.4 is 4.72 Å². The molecule has 1 aromatic carbocycles. The summed E-state index contributed by atoms with van der Waals surface area (Å²) in [6, 6.07) is 2.94. The van der Waals surface area contributed by atoms with E-state index in [2.05, 4.69) is 4.72 Å². The number of nitrogens with one attached hydrogen (secondary N) is 1. The Bertz CT molecular complexity index is 680. The number of halogens is 1. The molecule has 0 fully saturated rings. The van der Waals surface area contributed by atoms with E-state index in [1.165, 1.54) is 6.07 Å². The first-order valence-electron chi connectivity index (χ1n) is 6.12. The lowest BCUT2D eigenvalue weighted by Gasteiger charge is -2.16. The second kappa shape index (κ2) is 6.65. The number of nitriles is 1. The number of hydrogen-bond acceptors (Lipinski definition) is 4. The van der Waals surface area contributed by atoms with Crippen LogP contribution >= 0.6 is 0 Å². The van der Waals surface area contributed by atoms with Crippen molar-refractivity contribution in [2.24, 2.45) is 5.92 Å². The number of nitrogens with zero attached hydrogens (tertiary/aromatic N) is 1. The van der Waals surface area contributed by atoms with Crippen LogP contribution in [0.4, 0.5) is 4.39 Å². The van der Waals surface area contributed by atoms with Crippen LogP contribution in [0.5, 0.6) is 0 Å². The molecule has 0 radical (unpaired) electrons. The minimum Gasteiger partial charge on any atom is -0.480 e. The summed E-state index contributed by atoms with van der Waals surface area (Å²) >= 11 is 0. The van der Waals surface area contributed by atoms with Gasteiger partial charge in [0.25, 0.3) is 0 Å². The highest BCUT2D eigenvalue weighted by Gasteiger charge is 2.26. The normalized spacial score (nSPS) is 12.9. The van der Waals surface area contributed by atoms with E-state index in [1.54, 1.807) is 13.8 Å². The number of benzene rings is 1. The molecule has 0 saturated carbocycles. The SMILES string of the molecule is CC(C)CC(NS(=O)(=O)c1ccc(F)c(C#N)c1)C(=O)O. The maximum absolute atomic E-state index is 13.2. The zero-order valence-corrected chi connectivity index (χ0v) is 12.3. The first kappa shape index (κ1) is 17.1. The number of carbonyl (C=O) groups is 1. The number of hydrogen-bond donors (Lipinski definition) is 2. The van der Waals surface area contributed by atoms with Crippen molar-refractivity contribution in [3.8, 4) is 6.07 Å². The van der Waals surface area contributed by atoms with E-state index in [-0.39, 0.29) is 17.2 Å². The number of carboxylic acids is 1. The zero-order chi connectivity index (χ0) is 16.2. The molecule has 1 atom stereocenters. The van der Waals surface area contributed by atoms with Gasteiger partial charge in [0.15, 0.2) is 0 Å². The Balaban J connectivity index is 3.11. The van der Waals surface area contributed by atoms with E-state index in [1.807, 2.05) is 0 Å². The third-order valence-electron chi connectivity index (χ3n) is 2.67. The summed E-state index contributed by atoms with van der Waals surface area (Å²) in [5, 5.41) is 17.7. The molecule has 0 heterocycles. The smallest absolute Gasteiger partial charge is 0.321 e. The highest BCUT2D eigenvalue weighted by Crippen LogP contribution is 2.16. The van der Waals surface area contributed by atoms with Crippen molar-refractivity contribution in [1.29, 1.82) is 5.26 Å². The van der Waals surface area contributed by atoms with Crippen LogP contribution in [0.2, 0.25) is 0 Å². The van der Waals surface area contributed by atoms with Gasteiger partial charge in [0.1, 0.15) is 17.9 Å². The summed E-state index contributed by atoms with van der Waals surface area (Å²) in [7, 11) is -4.15. The fourth-order valence-corrected chi connectivity index (χ4v) is 2.91.